The molecule has 10 heteroatoms. The van der Waals surface area contributed by atoms with Crippen LogP contribution in [0, 0.1) is 0 Å². The van der Waals surface area contributed by atoms with E-state index in [-0.39, 0.29) is 5.91 Å². The van der Waals surface area contributed by atoms with Crippen molar-refractivity contribution in [1.82, 2.24) is 19.7 Å². The molecule has 4 heterocycles. The van der Waals surface area contributed by atoms with Gasteiger partial charge in [-0.1, -0.05) is 0 Å². The van der Waals surface area contributed by atoms with E-state index in [9.17, 15) is 4.79 Å². The number of carbonyl (C=O) groups is 1. The van der Waals surface area contributed by atoms with Crippen LogP contribution in [0.4, 0.5) is 5.69 Å². The van der Waals surface area contributed by atoms with Crippen LogP contribution >= 0.6 is 11.3 Å². The molecule has 0 aliphatic carbocycles. The summed E-state index contributed by atoms with van der Waals surface area (Å²) in [5, 5.41) is 9.13. The molecule has 1 unspecified atom stereocenters. The maximum absolute atomic E-state index is 12.2. The third-order valence-electron chi connectivity index (χ3n) is 4.39. The first-order valence-electron chi connectivity index (χ1n) is 9.65. The lowest BCUT2D eigenvalue weighted by atomic mass is 10.1. The largest absolute Gasteiger partial charge is 0.480 e. The zero-order valence-electron chi connectivity index (χ0n) is 17.1. The van der Waals surface area contributed by atoms with E-state index < -0.39 is 0 Å². The summed E-state index contributed by atoms with van der Waals surface area (Å²) in [5.74, 6) is 0.203. The standard InChI is InChI=1S/C14H13N5O2S.C6H13NO/c1-19-7-9(6-16-19)17-12(20)11-8-22-14(18-11)10-4-3-5-15-13(10)21-2;7-6-2-1-4-8-5-3-6/h3-8H,1-2H3,(H,17,20);6H,1-5,7H2. The number of anilines is 1. The van der Waals surface area contributed by atoms with Crippen molar-refractivity contribution in [3.05, 3.63) is 41.8 Å². The summed E-state index contributed by atoms with van der Waals surface area (Å²) in [5.41, 5.74) is 7.38. The van der Waals surface area contributed by atoms with Crippen molar-refractivity contribution in [2.45, 2.75) is 25.3 Å². The summed E-state index contributed by atoms with van der Waals surface area (Å²) >= 11 is 1.36. The van der Waals surface area contributed by atoms with Crippen LogP contribution in [0.3, 0.4) is 0 Å². The van der Waals surface area contributed by atoms with Crippen molar-refractivity contribution >= 4 is 22.9 Å². The minimum Gasteiger partial charge on any atom is -0.480 e. The molecule has 3 aromatic heterocycles. The Morgan fingerprint density at radius 2 is 2.27 bits per heavy atom. The van der Waals surface area contributed by atoms with E-state index in [1.807, 2.05) is 6.07 Å². The molecule has 0 bridgehead atoms. The first-order chi connectivity index (χ1) is 14.6. The molecule has 0 radical (unpaired) electrons. The molecule has 4 rings (SSSR count). The van der Waals surface area contributed by atoms with E-state index in [4.69, 9.17) is 15.2 Å². The number of carbonyl (C=O) groups excluding carboxylic acids is 1. The van der Waals surface area contributed by atoms with Crippen molar-refractivity contribution in [1.29, 1.82) is 0 Å². The molecule has 1 amide bonds. The molecule has 30 heavy (non-hydrogen) atoms. The van der Waals surface area contributed by atoms with Gasteiger partial charge in [0, 0.05) is 44.1 Å². The Bertz CT molecular complexity index is 949. The van der Waals surface area contributed by atoms with E-state index in [0.29, 0.717) is 28.3 Å². The SMILES string of the molecule is COc1ncccc1-c1nc(C(=O)Nc2cnn(C)c2)cs1.NC1CCCOCC1. The average molecular weight is 431 g/mol. The second-order valence-corrected chi connectivity index (χ2v) is 7.62. The Morgan fingerprint density at radius 3 is 3.03 bits per heavy atom. The molecule has 3 aromatic rings. The Morgan fingerprint density at radius 1 is 1.40 bits per heavy atom. The number of pyridine rings is 1. The minimum absolute atomic E-state index is 0.279. The lowest BCUT2D eigenvalue weighted by Gasteiger charge is -2.03. The smallest absolute Gasteiger partial charge is 0.275 e. The maximum Gasteiger partial charge on any atom is 0.275 e. The molecule has 3 N–H and O–H groups in total. The molecule has 160 valence electrons. The summed E-state index contributed by atoms with van der Waals surface area (Å²) in [6.45, 7) is 1.77. The van der Waals surface area contributed by atoms with Crippen molar-refractivity contribution in [2.75, 3.05) is 25.6 Å². The molecule has 1 saturated heterocycles. The molecule has 1 atom stereocenters. The summed E-state index contributed by atoms with van der Waals surface area (Å²) in [7, 11) is 3.33. The van der Waals surface area contributed by atoms with Gasteiger partial charge in [0.05, 0.1) is 24.6 Å². The zero-order chi connectivity index (χ0) is 21.3. The monoisotopic (exact) mass is 430 g/mol. The first kappa shape index (κ1) is 21.9. The second kappa shape index (κ2) is 10.8. The van der Waals surface area contributed by atoms with Crippen LogP contribution in [0.1, 0.15) is 29.8 Å². The van der Waals surface area contributed by atoms with Crippen LogP contribution < -0.4 is 15.8 Å². The van der Waals surface area contributed by atoms with Gasteiger partial charge in [-0.15, -0.1) is 11.3 Å². The second-order valence-electron chi connectivity index (χ2n) is 6.76. The highest BCUT2D eigenvalue weighted by atomic mass is 32.1. The van der Waals surface area contributed by atoms with Gasteiger partial charge in [-0.2, -0.15) is 5.10 Å². The Balaban J connectivity index is 0.000000269. The highest BCUT2D eigenvalue weighted by molar-refractivity contribution is 7.13. The third-order valence-corrected chi connectivity index (χ3v) is 5.27. The average Bonchev–Trinajstić information content (AvgIpc) is 3.33. The fourth-order valence-electron chi connectivity index (χ4n) is 2.83. The van der Waals surface area contributed by atoms with Crippen LogP contribution in [-0.2, 0) is 11.8 Å². The third kappa shape index (κ3) is 6.09. The number of rotatable bonds is 4. The fourth-order valence-corrected chi connectivity index (χ4v) is 3.64. The summed E-state index contributed by atoms with van der Waals surface area (Å²) in [6.07, 6.45) is 8.26. The lowest BCUT2D eigenvalue weighted by Crippen LogP contribution is -2.19. The number of ether oxygens (including phenoxy) is 2. The molecule has 9 nitrogen and oxygen atoms in total. The number of hydrogen-bond donors (Lipinski definition) is 2. The van der Waals surface area contributed by atoms with Crippen LogP contribution in [0.25, 0.3) is 10.6 Å². The maximum atomic E-state index is 12.2. The van der Waals surface area contributed by atoms with Crippen molar-refractivity contribution in [3.63, 3.8) is 0 Å². The molecular weight excluding hydrogens is 404 g/mol. The number of thiazole rings is 1. The molecule has 1 aliphatic rings. The summed E-state index contributed by atoms with van der Waals surface area (Å²) < 4.78 is 12.0. The number of hydrogen-bond acceptors (Lipinski definition) is 8. The van der Waals surface area contributed by atoms with Crippen molar-refractivity contribution in [3.8, 4) is 16.5 Å². The number of methoxy groups -OCH3 is 1. The first-order valence-corrected chi connectivity index (χ1v) is 10.5. The Kier molecular flexibility index (Phi) is 7.89. The Labute approximate surface area is 179 Å². The zero-order valence-corrected chi connectivity index (χ0v) is 17.9. The molecule has 0 aromatic carbocycles. The number of nitrogens with zero attached hydrogens (tertiary/aromatic N) is 4. The predicted octanol–water partition coefficient (Wildman–Crippen LogP) is 2.71. The van der Waals surface area contributed by atoms with Gasteiger partial charge >= 0.3 is 0 Å². The lowest BCUT2D eigenvalue weighted by molar-refractivity contribution is 0.102. The van der Waals surface area contributed by atoms with Crippen molar-refractivity contribution < 1.29 is 14.3 Å². The van der Waals surface area contributed by atoms with Crippen LogP contribution in [0.2, 0.25) is 0 Å². The van der Waals surface area contributed by atoms with E-state index in [1.54, 1.807) is 48.9 Å². The molecule has 0 spiro atoms. The molecule has 1 aliphatic heterocycles. The van der Waals surface area contributed by atoms with Gasteiger partial charge < -0.3 is 20.5 Å². The fraction of sp³-hybridized carbons (Fsp3) is 0.400. The van der Waals surface area contributed by atoms with E-state index >= 15 is 0 Å². The number of amides is 1. The highest BCUT2D eigenvalue weighted by Crippen LogP contribution is 2.30. The summed E-state index contributed by atoms with van der Waals surface area (Å²) in [4.78, 5) is 20.7. The van der Waals surface area contributed by atoms with Crippen LogP contribution in [0.5, 0.6) is 5.88 Å². The van der Waals surface area contributed by atoms with Gasteiger partial charge in [0.15, 0.2) is 0 Å². The van der Waals surface area contributed by atoms with E-state index in [2.05, 4.69) is 20.4 Å². The number of aryl methyl sites for hydroxylation is 1. The van der Waals surface area contributed by atoms with Crippen molar-refractivity contribution in [2.24, 2.45) is 12.8 Å². The minimum atomic E-state index is -0.279. The van der Waals surface area contributed by atoms with Gasteiger partial charge in [0.25, 0.3) is 5.91 Å². The van der Waals surface area contributed by atoms with Gasteiger partial charge in [-0.05, 0) is 31.4 Å². The molecular formula is C20H26N6O3S. The van der Waals surface area contributed by atoms with E-state index in [1.165, 1.54) is 11.3 Å². The van der Waals surface area contributed by atoms with Gasteiger partial charge in [-0.3, -0.25) is 9.48 Å². The topological polar surface area (TPSA) is 117 Å². The predicted molar refractivity (Wildman–Crippen MR) is 116 cm³/mol. The van der Waals surface area contributed by atoms with E-state index in [0.717, 1.165) is 38.0 Å². The number of nitrogens with one attached hydrogen (secondary N) is 1. The highest BCUT2D eigenvalue weighted by Gasteiger charge is 2.15. The van der Waals surface area contributed by atoms with Crippen LogP contribution in [0.15, 0.2) is 36.1 Å². The normalized spacial score (nSPS) is 16.2. The molecule has 0 saturated carbocycles. The van der Waals surface area contributed by atoms with Gasteiger partial charge in [0.1, 0.15) is 10.7 Å². The number of nitrogens with two attached hydrogens (primary N) is 1. The van der Waals surface area contributed by atoms with Gasteiger partial charge in [-0.25, -0.2) is 9.97 Å². The molecule has 1 fully saturated rings. The Hall–Kier alpha value is -2.82. The number of aromatic nitrogens is 4. The summed E-state index contributed by atoms with van der Waals surface area (Å²) in [6, 6.07) is 4.06. The van der Waals surface area contributed by atoms with Crippen LogP contribution in [-0.4, -0.2) is 52.0 Å². The quantitative estimate of drug-likeness (QED) is 0.653. The van der Waals surface area contributed by atoms with Gasteiger partial charge in [0.2, 0.25) is 5.88 Å².